The number of carbonyl (C=O) groups is 1. The molecule has 0 spiro atoms. The van der Waals surface area contributed by atoms with Crippen molar-refractivity contribution in [2.75, 3.05) is 0 Å². The number of carboxylic acids is 1. The number of hydrogen-bond acceptors (Lipinski definition) is 3. The monoisotopic (exact) mass is 395 g/mol. The molecule has 2 aromatic carbocycles. The van der Waals surface area contributed by atoms with E-state index >= 15 is 0 Å². The predicted octanol–water partition coefficient (Wildman–Crippen LogP) is 4.75. The third-order valence-electron chi connectivity index (χ3n) is 5.64. The first-order valence-electron chi connectivity index (χ1n) is 9.36. The van der Waals surface area contributed by atoms with Gasteiger partial charge in [0, 0.05) is 5.56 Å². The molecule has 2 aromatic rings. The summed E-state index contributed by atoms with van der Waals surface area (Å²) in [4.78, 5) is 12.0. The van der Waals surface area contributed by atoms with E-state index in [0.29, 0.717) is 18.2 Å². The number of fused-ring (bicyclic) bond motifs is 1. The largest absolute Gasteiger partial charge is 0.480 e. The Hall–Kier alpha value is -2.12. The number of halogens is 3. The van der Waals surface area contributed by atoms with Crippen LogP contribution in [0.1, 0.15) is 44.6 Å². The fourth-order valence-electron chi connectivity index (χ4n) is 4.10. The molecule has 0 heterocycles. The normalized spacial score (nSPS) is 20.5. The van der Waals surface area contributed by atoms with Crippen LogP contribution < -0.4 is 5.73 Å². The van der Waals surface area contributed by atoms with Crippen molar-refractivity contribution in [3.63, 3.8) is 0 Å². The first-order chi connectivity index (χ1) is 13.1. The standard InChI is InChI=1S/C21H24F3NO3/c1-19(25,18(26)27)20(21(22,23)24,28-15-10-3-2-4-11-15)17-13-7-9-14-8-5-6-12-16(14)17/h5-9,12-13,15H,2-4,10-11,25H2,1H3,(H,26,27). The summed E-state index contributed by atoms with van der Waals surface area (Å²) in [5.41, 5.74) is -0.262. The van der Waals surface area contributed by atoms with Gasteiger partial charge in [0.15, 0.2) is 5.54 Å². The maximum atomic E-state index is 14.7. The van der Waals surface area contributed by atoms with Gasteiger partial charge in [0.25, 0.3) is 0 Å². The number of rotatable bonds is 5. The summed E-state index contributed by atoms with van der Waals surface area (Å²) in [5, 5.41) is 10.5. The molecule has 0 aliphatic heterocycles. The molecule has 3 N–H and O–H groups in total. The Bertz CT molecular complexity index is 854. The van der Waals surface area contributed by atoms with Crippen molar-refractivity contribution in [2.24, 2.45) is 5.73 Å². The quantitative estimate of drug-likeness (QED) is 0.766. The number of aliphatic carboxylic acids is 1. The fourth-order valence-corrected chi connectivity index (χ4v) is 4.10. The minimum atomic E-state index is -5.05. The zero-order valence-electron chi connectivity index (χ0n) is 15.6. The summed E-state index contributed by atoms with van der Waals surface area (Å²) < 4.78 is 49.9. The number of benzene rings is 2. The Morgan fingerprint density at radius 3 is 2.29 bits per heavy atom. The van der Waals surface area contributed by atoms with Crippen molar-refractivity contribution in [2.45, 2.75) is 62.4 Å². The first-order valence-corrected chi connectivity index (χ1v) is 9.36. The summed E-state index contributed by atoms with van der Waals surface area (Å²) in [6.07, 6.45) is -2.47. The SMILES string of the molecule is CC(N)(C(=O)O)C(OC1CCCCC1)(c1cccc2ccccc12)C(F)(F)F. The van der Waals surface area contributed by atoms with E-state index in [0.717, 1.165) is 26.2 Å². The number of ether oxygens (including phenoxy) is 1. The first kappa shape index (κ1) is 20.6. The van der Waals surface area contributed by atoms with Crippen molar-refractivity contribution in [1.29, 1.82) is 0 Å². The van der Waals surface area contributed by atoms with Gasteiger partial charge in [-0.2, -0.15) is 13.2 Å². The van der Waals surface area contributed by atoms with Gasteiger partial charge in [-0.3, -0.25) is 4.79 Å². The van der Waals surface area contributed by atoms with Crippen LogP contribution in [0.15, 0.2) is 42.5 Å². The molecular weight excluding hydrogens is 371 g/mol. The van der Waals surface area contributed by atoms with Crippen molar-refractivity contribution in [1.82, 2.24) is 0 Å². The summed E-state index contributed by atoms with van der Waals surface area (Å²) in [7, 11) is 0. The van der Waals surface area contributed by atoms with Gasteiger partial charge in [-0.1, -0.05) is 61.7 Å². The second kappa shape index (κ2) is 7.37. The van der Waals surface area contributed by atoms with E-state index in [4.69, 9.17) is 10.5 Å². The molecular formula is C21H24F3NO3. The minimum absolute atomic E-state index is 0.268. The lowest BCUT2D eigenvalue weighted by atomic mass is 9.73. The zero-order valence-corrected chi connectivity index (χ0v) is 15.6. The smallest absolute Gasteiger partial charge is 0.424 e. The molecule has 0 aromatic heterocycles. The minimum Gasteiger partial charge on any atom is -0.480 e. The molecule has 2 atom stereocenters. The van der Waals surface area contributed by atoms with Gasteiger partial charge >= 0.3 is 12.1 Å². The van der Waals surface area contributed by atoms with Gasteiger partial charge in [-0.05, 0) is 30.5 Å². The number of hydrogen-bond donors (Lipinski definition) is 2. The maximum absolute atomic E-state index is 14.7. The molecule has 0 saturated heterocycles. The maximum Gasteiger partial charge on any atom is 0.424 e. The molecule has 3 rings (SSSR count). The lowest BCUT2D eigenvalue weighted by molar-refractivity contribution is -0.320. The van der Waals surface area contributed by atoms with Gasteiger partial charge < -0.3 is 15.6 Å². The van der Waals surface area contributed by atoms with Gasteiger partial charge in [0.2, 0.25) is 5.60 Å². The average molecular weight is 395 g/mol. The molecule has 0 radical (unpaired) electrons. The van der Waals surface area contributed by atoms with Crippen LogP contribution in [0.5, 0.6) is 0 Å². The van der Waals surface area contributed by atoms with Crippen LogP contribution >= 0.6 is 0 Å². The average Bonchev–Trinajstić information content (AvgIpc) is 2.65. The summed E-state index contributed by atoms with van der Waals surface area (Å²) in [6, 6.07) is 11.0. The molecule has 152 valence electrons. The van der Waals surface area contributed by atoms with Crippen LogP contribution in [0.25, 0.3) is 10.8 Å². The van der Waals surface area contributed by atoms with E-state index in [1.807, 2.05) is 0 Å². The fraction of sp³-hybridized carbons (Fsp3) is 0.476. The van der Waals surface area contributed by atoms with E-state index < -0.39 is 29.4 Å². The predicted molar refractivity (Wildman–Crippen MR) is 99.9 cm³/mol. The van der Waals surface area contributed by atoms with Gasteiger partial charge in [-0.15, -0.1) is 0 Å². The zero-order chi connectivity index (χ0) is 20.6. The van der Waals surface area contributed by atoms with Crippen LogP contribution in [0.3, 0.4) is 0 Å². The van der Waals surface area contributed by atoms with E-state index in [9.17, 15) is 23.1 Å². The highest BCUT2D eigenvalue weighted by atomic mass is 19.4. The Morgan fingerprint density at radius 2 is 1.68 bits per heavy atom. The lowest BCUT2D eigenvalue weighted by Crippen LogP contribution is -2.69. The number of alkyl halides is 3. The molecule has 2 unspecified atom stereocenters. The molecule has 0 bridgehead atoms. The topological polar surface area (TPSA) is 72.6 Å². The highest BCUT2D eigenvalue weighted by Gasteiger charge is 2.70. The van der Waals surface area contributed by atoms with Crippen LogP contribution in [-0.2, 0) is 15.1 Å². The molecule has 28 heavy (non-hydrogen) atoms. The summed E-state index contributed by atoms with van der Waals surface area (Å²) >= 11 is 0. The lowest BCUT2D eigenvalue weighted by Gasteiger charge is -2.47. The van der Waals surface area contributed by atoms with Gasteiger partial charge in [0.05, 0.1) is 6.10 Å². The summed E-state index contributed by atoms with van der Waals surface area (Å²) in [6.45, 7) is 0.882. The number of nitrogens with two attached hydrogens (primary N) is 1. The van der Waals surface area contributed by atoms with Crippen LogP contribution in [0.2, 0.25) is 0 Å². The number of carboxylic acid groups (broad SMARTS) is 1. The molecule has 4 nitrogen and oxygen atoms in total. The molecule has 1 aliphatic carbocycles. The second-order valence-corrected chi connectivity index (χ2v) is 7.59. The van der Waals surface area contributed by atoms with Crippen molar-refractivity contribution in [3.05, 3.63) is 48.0 Å². The molecule has 0 amide bonds. The highest BCUT2D eigenvalue weighted by molar-refractivity contribution is 5.89. The Morgan fingerprint density at radius 1 is 1.07 bits per heavy atom. The molecule has 1 aliphatic rings. The molecule has 1 saturated carbocycles. The van der Waals surface area contributed by atoms with E-state index in [1.165, 1.54) is 18.2 Å². The van der Waals surface area contributed by atoms with Crippen molar-refractivity contribution in [3.8, 4) is 0 Å². The van der Waals surface area contributed by atoms with Gasteiger partial charge in [-0.25, -0.2) is 0 Å². The van der Waals surface area contributed by atoms with E-state index in [1.54, 1.807) is 24.3 Å². The Labute approximate surface area is 161 Å². The molecule has 1 fully saturated rings. The third-order valence-corrected chi connectivity index (χ3v) is 5.64. The van der Waals surface area contributed by atoms with E-state index in [-0.39, 0.29) is 10.9 Å². The second-order valence-electron chi connectivity index (χ2n) is 7.59. The van der Waals surface area contributed by atoms with Crippen LogP contribution in [-0.4, -0.2) is 28.9 Å². The Balaban J connectivity index is 2.32. The summed E-state index contributed by atoms with van der Waals surface area (Å²) in [5.74, 6) is -1.77. The van der Waals surface area contributed by atoms with Crippen molar-refractivity contribution >= 4 is 16.7 Å². The van der Waals surface area contributed by atoms with E-state index in [2.05, 4.69) is 0 Å². The Kier molecular flexibility index (Phi) is 5.42. The highest BCUT2D eigenvalue weighted by Crippen LogP contribution is 2.52. The van der Waals surface area contributed by atoms with Gasteiger partial charge in [0.1, 0.15) is 0 Å². The van der Waals surface area contributed by atoms with Crippen LogP contribution in [0.4, 0.5) is 13.2 Å². The van der Waals surface area contributed by atoms with Crippen LogP contribution in [0, 0.1) is 0 Å². The molecule has 7 heteroatoms. The van der Waals surface area contributed by atoms with Crippen molar-refractivity contribution < 1.29 is 27.8 Å². The third kappa shape index (κ3) is 3.26.